The molecule has 0 atom stereocenters. The Hall–Kier alpha value is -3.36. The first kappa shape index (κ1) is 19.9. The zero-order valence-corrected chi connectivity index (χ0v) is 17.5. The van der Waals surface area contributed by atoms with Gasteiger partial charge in [-0.15, -0.1) is 11.3 Å². The van der Waals surface area contributed by atoms with Crippen molar-refractivity contribution in [1.82, 2.24) is 19.9 Å². The third-order valence-electron chi connectivity index (χ3n) is 4.53. The molecule has 2 N–H and O–H groups in total. The van der Waals surface area contributed by atoms with Gasteiger partial charge in [0.15, 0.2) is 0 Å². The van der Waals surface area contributed by atoms with Gasteiger partial charge in [0.25, 0.3) is 5.56 Å². The van der Waals surface area contributed by atoms with E-state index in [1.165, 1.54) is 11.3 Å². The predicted octanol–water partition coefficient (Wildman–Crippen LogP) is 3.43. The first-order chi connectivity index (χ1) is 14.5. The topological polar surface area (TPSA) is 91.0 Å². The molecule has 0 aliphatic carbocycles. The van der Waals surface area contributed by atoms with E-state index in [1.807, 2.05) is 55.5 Å². The molecule has 0 unspecified atom stereocenters. The number of aromatic nitrogens is 3. The number of likely N-dealkylation sites (N-methyl/N-ethyl adjacent to an activating group) is 1. The lowest BCUT2D eigenvalue weighted by molar-refractivity contribution is -0.117. The fraction of sp³-hybridized carbons (Fsp3) is 0.182. The van der Waals surface area contributed by atoms with Gasteiger partial charge in [0.05, 0.1) is 18.5 Å². The molecule has 3 aromatic heterocycles. The molecular weight excluding hydrogens is 398 g/mol. The van der Waals surface area contributed by atoms with Crippen LogP contribution >= 0.6 is 11.3 Å². The molecule has 8 heteroatoms. The number of fused-ring (bicyclic) bond motifs is 1. The number of aromatic amines is 1. The maximum absolute atomic E-state index is 12.5. The van der Waals surface area contributed by atoms with Crippen LogP contribution in [-0.2, 0) is 11.3 Å². The van der Waals surface area contributed by atoms with Crippen molar-refractivity contribution < 1.29 is 4.79 Å². The van der Waals surface area contributed by atoms with Crippen LogP contribution in [-0.4, -0.2) is 39.4 Å². The number of aryl methyl sites for hydroxylation is 1. The standard InChI is InChI=1S/C22H21N5O2S/c1-14-8-9-23-18(10-14)24-20(28)13-27(2)12-19-25-21(29)16-11-17(30-22(16)26-19)15-6-4-3-5-7-15/h3-11H,12-13H2,1-2H3,(H,23,24,28)(H,25,26,29). The van der Waals surface area contributed by atoms with Gasteiger partial charge >= 0.3 is 0 Å². The maximum atomic E-state index is 12.5. The highest BCUT2D eigenvalue weighted by atomic mass is 32.1. The van der Waals surface area contributed by atoms with Crippen molar-refractivity contribution >= 4 is 33.3 Å². The normalized spacial score (nSPS) is 11.2. The molecule has 0 fully saturated rings. The second kappa shape index (κ2) is 8.56. The lowest BCUT2D eigenvalue weighted by Crippen LogP contribution is -2.31. The number of benzene rings is 1. The van der Waals surface area contributed by atoms with Gasteiger partial charge in [-0.25, -0.2) is 9.97 Å². The molecule has 0 aliphatic rings. The van der Waals surface area contributed by atoms with E-state index in [9.17, 15) is 9.59 Å². The number of hydrogen-bond acceptors (Lipinski definition) is 6. The number of carbonyl (C=O) groups excluding carboxylic acids is 1. The minimum Gasteiger partial charge on any atom is -0.310 e. The van der Waals surface area contributed by atoms with Crippen LogP contribution in [0.2, 0.25) is 0 Å². The lowest BCUT2D eigenvalue weighted by atomic mass is 10.2. The number of nitrogens with zero attached hydrogens (tertiary/aromatic N) is 3. The molecule has 152 valence electrons. The molecule has 1 amide bonds. The Labute approximate surface area is 177 Å². The molecule has 7 nitrogen and oxygen atoms in total. The number of rotatable bonds is 6. The van der Waals surface area contributed by atoms with Crippen LogP contribution in [0.15, 0.2) is 59.5 Å². The second-order valence-electron chi connectivity index (χ2n) is 7.15. The van der Waals surface area contributed by atoms with Crippen LogP contribution in [0.1, 0.15) is 11.4 Å². The molecule has 0 spiro atoms. The summed E-state index contributed by atoms with van der Waals surface area (Å²) in [6.07, 6.45) is 1.66. The van der Waals surface area contributed by atoms with E-state index in [2.05, 4.69) is 20.3 Å². The minimum absolute atomic E-state index is 0.150. The number of anilines is 1. The summed E-state index contributed by atoms with van der Waals surface area (Å²) in [5.74, 6) is 0.868. The van der Waals surface area contributed by atoms with E-state index in [0.717, 1.165) is 16.0 Å². The van der Waals surface area contributed by atoms with Gasteiger partial charge in [-0.3, -0.25) is 14.5 Å². The highest BCUT2D eigenvalue weighted by molar-refractivity contribution is 7.21. The van der Waals surface area contributed by atoms with Gasteiger partial charge < -0.3 is 10.3 Å². The molecule has 0 aliphatic heterocycles. The number of amides is 1. The molecule has 4 aromatic rings. The fourth-order valence-corrected chi connectivity index (χ4v) is 4.20. The van der Waals surface area contributed by atoms with E-state index in [1.54, 1.807) is 18.1 Å². The first-order valence-electron chi connectivity index (χ1n) is 9.47. The number of thiophene rings is 1. The molecule has 4 rings (SSSR count). The zero-order chi connectivity index (χ0) is 21.1. The number of nitrogens with one attached hydrogen (secondary N) is 2. The summed E-state index contributed by atoms with van der Waals surface area (Å²) in [5.41, 5.74) is 1.91. The Morgan fingerprint density at radius 2 is 2.00 bits per heavy atom. The average molecular weight is 420 g/mol. The smallest absolute Gasteiger partial charge is 0.259 e. The Bertz CT molecular complexity index is 1250. The Morgan fingerprint density at radius 1 is 1.20 bits per heavy atom. The van der Waals surface area contributed by atoms with Crippen molar-refractivity contribution in [3.63, 3.8) is 0 Å². The Morgan fingerprint density at radius 3 is 2.77 bits per heavy atom. The van der Waals surface area contributed by atoms with E-state index in [0.29, 0.717) is 28.4 Å². The third kappa shape index (κ3) is 4.61. The fourth-order valence-electron chi connectivity index (χ4n) is 3.14. The lowest BCUT2D eigenvalue weighted by Gasteiger charge is -2.15. The van der Waals surface area contributed by atoms with Crippen LogP contribution in [0.3, 0.4) is 0 Å². The molecule has 1 aromatic carbocycles. The van der Waals surface area contributed by atoms with Gasteiger partial charge in [-0.1, -0.05) is 30.3 Å². The average Bonchev–Trinajstić information content (AvgIpc) is 3.13. The van der Waals surface area contributed by atoms with Crippen LogP contribution < -0.4 is 10.9 Å². The molecule has 3 heterocycles. The SMILES string of the molecule is Cc1ccnc(NC(=O)CN(C)Cc2nc3sc(-c4ccccc4)cc3c(=O)[nH]2)c1. The molecule has 0 radical (unpaired) electrons. The molecule has 0 saturated heterocycles. The number of hydrogen-bond donors (Lipinski definition) is 2. The Balaban J connectivity index is 1.46. The van der Waals surface area contributed by atoms with Gasteiger partial charge in [0.2, 0.25) is 5.91 Å². The summed E-state index contributed by atoms with van der Waals surface area (Å²) in [6.45, 7) is 2.44. The molecule has 30 heavy (non-hydrogen) atoms. The highest BCUT2D eigenvalue weighted by Gasteiger charge is 2.13. The molecular formula is C22H21N5O2S. The van der Waals surface area contributed by atoms with Crippen molar-refractivity contribution in [2.45, 2.75) is 13.5 Å². The maximum Gasteiger partial charge on any atom is 0.259 e. The predicted molar refractivity (Wildman–Crippen MR) is 120 cm³/mol. The van der Waals surface area contributed by atoms with Gasteiger partial charge in [0, 0.05) is 11.1 Å². The summed E-state index contributed by atoms with van der Waals surface area (Å²) in [5, 5.41) is 3.36. The number of pyridine rings is 1. The van der Waals surface area contributed by atoms with Crippen LogP contribution in [0.5, 0.6) is 0 Å². The van der Waals surface area contributed by atoms with Gasteiger partial charge in [-0.2, -0.15) is 0 Å². The molecule has 0 bridgehead atoms. The number of H-pyrrole nitrogens is 1. The van der Waals surface area contributed by atoms with Crippen molar-refractivity contribution in [2.24, 2.45) is 0 Å². The van der Waals surface area contributed by atoms with Crippen molar-refractivity contribution in [1.29, 1.82) is 0 Å². The summed E-state index contributed by atoms with van der Waals surface area (Å²) >= 11 is 1.49. The summed E-state index contributed by atoms with van der Waals surface area (Å²) < 4.78 is 0. The first-order valence-corrected chi connectivity index (χ1v) is 10.3. The quantitative estimate of drug-likeness (QED) is 0.500. The van der Waals surface area contributed by atoms with Crippen molar-refractivity contribution in [3.05, 3.63) is 76.5 Å². The van der Waals surface area contributed by atoms with Crippen molar-refractivity contribution in [3.8, 4) is 10.4 Å². The molecule has 0 saturated carbocycles. The third-order valence-corrected chi connectivity index (χ3v) is 5.60. The minimum atomic E-state index is -0.179. The summed E-state index contributed by atoms with van der Waals surface area (Å²) in [6, 6.07) is 15.5. The van der Waals surface area contributed by atoms with Gasteiger partial charge in [-0.05, 0) is 43.3 Å². The summed E-state index contributed by atoms with van der Waals surface area (Å²) in [7, 11) is 1.80. The van der Waals surface area contributed by atoms with Crippen LogP contribution in [0.25, 0.3) is 20.7 Å². The highest BCUT2D eigenvalue weighted by Crippen LogP contribution is 2.30. The van der Waals surface area contributed by atoms with Gasteiger partial charge in [0.1, 0.15) is 16.5 Å². The monoisotopic (exact) mass is 419 g/mol. The zero-order valence-electron chi connectivity index (χ0n) is 16.7. The Kier molecular flexibility index (Phi) is 5.69. The van der Waals surface area contributed by atoms with Crippen LogP contribution in [0.4, 0.5) is 5.82 Å². The van der Waals surface area contributed by atoms with E-state index < -0.39 is 0 Å². The van der Waals surface area contributed by atoms with E-state index in [4.69, 9.17) is 0 Å². The number of carbonyl (C=O) groups is 1. The summed E-state index contributed by atoms with van der Waals surface area (Å²) in [4.78, 5) is 39.9. The van der Waals surface area contributed by atoms with Crippen molar-refractivity contribution in [2.75, 3.05) is 18.9 Å². The second-order valence-corrected chi connectivity index (χ2v) is 8.18. The van der Waals surface area contributed by atoms with Crippen LogP contribution in [0, 0.1) is 6.92 Å². The van der Waals surface area contributed by atoms with E-state index >= 15 is 0 Å². The van der Waals surface area contributed by atoms with E-state index in [-0.39, 0.29) is 18.0 Å². The largest absolute Gasteiger partial charge is 0.310 e.